The number of carbonyl (C=O) groups excluding carboxylic acids is 1. The summed E-state index contributed by atoms with van der Waals surface area (Å²) in [6.07, 6.45) is 8.37. The zero-order valence-corrected chi connectivity index (χ0v) is 21.6. The average Bonchev–Trinajstić information content (AvgIpc) is 3.47. The first-order valence-corrected chi connectivity index (χ1v) is 12.7. The van der Waals surface area contributed by atoms with Crippen molar-refractivity contribution in [3.8, 4) is 5.75 Å². The van der Waals surface area contributed by atoms with Gasteiger partial charge in [0.2, 0.25) is 6.41 Å². The fraction of sp³-hybridized carbons (Fsp3) is 0.458. The number of hydrogen-bond acceptors (Lipinski definition) is 9. The van der Waals surface area contributed by atoms with Crippen LogP contribution in [-0.4, -0.2) is 66.5 Å². The van der Waals surface area contributed by atoms with E-state index in [1.807, 2.05) is 11.0 Å². The van der Waals surface area contributed by atoms with Crippen LogP contribution in [0.15, 0.2) is 23.4 Å². The zero-order chi connectivity index (χ0) is 24.2. The summed E-state index contributed by atoms with van der Waals surface area (Å²) in [5, 5.41) is 4.53. The number of methoxy groups -OCH3 is 1. The predicted molar refractivity (Wildman–Crippen MR) is 142 cm³/mol. The van der Waals surface area contributed by atoms with Crippen molar-refractivity contribution in [1.29, 1.82) is 0 Å². The molecule has 3 N–H and O–H groups in total. The fourth-order valence-corrected chi connectivity index (χ4v) is 5.87. The average molecular weight is 501 g/mol. The molecule has 1 aliphatic carbocycles. The van der Waals surface area contributed by atoms with Gasteiger partial charge in [0, 0.05) is 40.7 Å². The van der Waals surface area contributed by atoms with Crippen LogP contribution < -0.4 is 15.8 Å². The number of anilines is 3. The number of fused-ring (bicyclic) bond motifs is 3. The molecule has 0 radical (unpaired) electrons. The molecule has 1 atom stereocenters. The number of nitrogen functional groups attached to an aromatic ring is 1. The number of nitrogens with zero attached hydrogens (tertiary/aromatic N) is 4. The number of likely N-dealkylation sites (tertiary alicyclic amines) is 1. The van der Waals surface area contributed by atoms with E-state index in [1.165, 1.54) is 23.3 Å². The third-order valence-electron chi connectivity index (χ3n) is 6.43. The number of thiol groups is 1. The maximum atomic E-state index is 10.3. The summed E-state index contributed by atoms with van der Waals surface area (Å²) in [5.41, 5.74) is 8.69. The van der Waals surface area contributed by atoms with E-state index >= 15 is 0 Å². The van der Waals surface area contributed by atoms with E-state index in [0.717, 1.165) is 60.5 Å². The Bertz CT molecular complexity index is 1170. The predicted octanol–water partition coefficient (Wildman–Crippen LogP) is 3.97. The van der Waals surface area contributed by atoms with Gasteiger partial charge in [-0.15, -0.1) is 24.0 Å². The molecule has 3 aromatic rings. The number of nitrogens with two attached hydrogens (primary N) is 1. The first-order chi connectivity index (χ1) is 16.4. The molecule has 3 heterocycles. The zero-order valence-electron chi connectivity index (χ0n) is 19.9. The summed E-state index contributed by atoms with van der Waals surface area (Å²) in [7, 11) is 5.73. The van der Waals surface area contributed by atoms with Crippen LogP contribution in [-0.2, 0) is 17.6 Å². The number of carbonyl (C=O) groups is 1. The molecular weight excluding hydrogens is 468 g/mol. The highest BCUT2D eigenvalue weighted by atomic mass is 32.1. The van der Waals surface area contributed by atoms with Crippen LogP contribution in [0.5, 0.6) is 5.75 Å². The molecule has 182 valence electrons. The summed E-state index contributed by atoms with van der Waals surface area (Å²) in [6, 6.07) is 4.21. The Hall–Kier alpha value is -2.56. The number of nitrogens with one attached hydrogen (secondary N) is 1. The van der Waals surface area contributed by atoms with Gasteiger partial charge in [-0.1, -0.05) is 0 Å². The summed E-state index contributed by atoms with van der Waals surface area (Å²) in [6.45, 7) is 1.82. The Morgan fingerprint density at radius 1 is 1.29 bits per heavy atom. The Kier molecular flexibility index (Phi) is 7.80. The van der Waals surface area contributed by atoms with E-state index in [-0.39, 0.29) is 0 Å². The number of amides is 1. The second-order valence-corrected chi connectivity index (χ2v) is 10.4. The van der Waals surface area contributed by atoms with E-state index in [2.05, 4.69) is 46.9 Å². The lowest BCUT2D eigenvalue weighted by molar-refractivity contribution is -0.117. The van der Waals surface area contributed by atoms with Crippen molar-refractivity contribution < 1.29 is 9.53 Å². The van der Waals surface area contributed by atoms with Gasteiger partial charge in [-0.05, 0) is 57.8 Å². The van der Waals surface area contributed by atoms with Gasteiger partial charge < -0.3 is 25.6 Å². The molecule has 1 amide bonds. The third kappa shape index (κ3) is 5.24. The van der Waals surface area contributed by atoms with Gasteiger partial charge in [-0.3, -0.25) is 4.79 Å². The van der Waals surface area contributed by atoms with Crippen LogP contribution in [0.4, 0.5) is 17.2 Å². The third-order valence-corrected chi connectivity index (χ3v) is 8.01. The quantitative estimate of drug-likeness (QED) is 0.277. The van der Waals surface area contributed by atoms with Crippen LogP contribution >= 0.6 is 24.0 Å². The number of aryl methyl sites for hydroxylation is 2. The van der Waals surface area contributed by atoms with E-state index in [1.54, 1.807) is 30.8 Å². The fourth-order valence-electron chi connectivity index (χ4n) is 4.45. The molecule has 10 heteroatoms. The van der Waals surface area contributed by atoms with E-state index in [0.29, 0.717) is 22.4 Å². The number of rotatable bonds is 5. The lowest BCUT2D eigenvalue weighted by Crippen LogP contribution is -2.30. The van der Waals surface area contributed by atoms with Crippen molar-refractivity contribution in [3.63, 3.8) is 0 Å². The van der Waals surface area contributed by atoms with Crippen molar-refractivity contribution in [2.75, 3.05) is 45.3 Å². The highest BCUT2D eigenvalue weighted by molar-refractivity contribution is 7.80. The normalized spacial score (nSPS) is 17.3. The Morgan fingerprint density at radius 2 is 2.09 bits per heavy atom. The van der Waals surface area contributed by atoms with Crippen LogP contribution in [0.2, 0.25) is 0 Å². The van der Waals surface area contributed by atoms with Crippen molar-refractivity contribution in [1.82, 2.24) is 19.8 Å². The van der Waals surface area contributed by atoms with E-state index in [4.69, 9.17) is 10.5 Å². The molecule has 0 bridgehead atoms. The second-order valence-electron chi connectivity index (χ2n) is 8.86. The summed E-state index contributed by atoms with van der Waals surface area (Å²) in [4.78, 5) is 26.4. The number of benzene rings is 1. The van der Waals surface area contributed by atoms with Crippen LogP contribution in [0.1, 0.15) is 29.7 Å². The number of hydrogen-bond donors (Lipinski definition) is 3. The smallest absolute Gasteiger partial charge is 0.209 e. The highest BCUT2D eigenvalue weighted by Crippen LogP contribution is 2.40. The van der Waals surface area contributed by atoms with Gasteiger partial charge in [-0.25, -0.2) is 9.97 Å². The van der Waals surface area contributed by atoms with E-state index < -0.39 is 0 Å². The minimum atomic E-state index is 0.574. The van der Waals surface area contributed by atoms with Gasteiger partial charge in [0.1, 0.15) is 22.7 Å². The van der Waals surface area contributed by atoms with Gasteiger partial charge >= 0.3 is 0 Å². The number of ether oxygens (including phenoxy) is 1. The molecule has 34 heavy (non-hydrogen) atoms. The first kappa shape index (κ1) is 24.6. The van der Waals surface area contributed by atoms with Crippen molar-refractivity contribution in [3.05, 3.63) is 28.9 Å². The molecule has 1 aliphatic heterocycles. The Morgan fingerprint density at radius 3 is 2.76 bits per heavy atom. The molecule has 1 fully saturated rings. The molecule has 1 aromatic carbocycles. The number of thiophene rings is 1. The number of likely N-dealkylation sites (N-methyl/N-ethyl adjacent to an activating group) is 1. The Balaban J connectivity index is 0.000000231. The lowest BCUT2D eigenvalue weighted by Gasteiger charge is -2.17. The molecule has 0 saturated carbocycles. The SMILES string of the molecule is CN(C)C1CCN(C=O)C1.COc1cc(N)c(S)cc1Nc1ncnc2sc3c(c12)CCCC3. The first-order valence-electron chi connectivity index (χ1n) is 11.5. The van der Waals surface area contributed by atoms with Gasteiger partial charge in [-0.2, -0.15) is 0 Å². The van der Waals surface area contributed by atoms with Gasteiger partial charge in [0.25, 0.3) is 0 Å². The van der Waals surface area contributed by atoms with Crippen molar-refractivity contribution in [2.24, 2.45) is 0 Å². The van der Waals surface area contributed by atoms with Gasteiger partial charge in [0.05, 0.1) is 18.2 Å². The van der Waals surface area contributed by atoms with E-state index in [9.17, 15) is 4.79 Å². The summed E-state index contributed by atoms with van der Waals surface area (Å²) >= 11 is 6.19. The summed E-state index contributed by atoms with van der Waals surface area (Å²) in [5.74, 6) is 1.48. The minimum Gasteiger partial charge on any atom is -0.494 e. The monoisotopic (exact) mass is 500 g/mol. The van der Waals surface area contributed by atoms with Crippen LogP contribution in [0, 0.1) is 0 Å². The molecule has 0 spiro atoms. The van der Waals surface area contributed by atoms with Crippen molar-refractivity contribution in [2.45, 2.75) is 43.0 Å². The molecule has 1 saturated heterocycles. The molecule has 8 nitrogen and oxygen atoms in total. The highest BCUT2D eigenvalue weighted by Gasteiger charge is 2.22. The van der Waals surface area contributed by atoms with Crippen LogP contribution in [0.3, 0.4) is 0 Å². The van der Waals surface area contributed by atoms with Gasteiger partial charge in [0.15, 0.2) is 0 Å². The maximum Gasteiger partial charge on any atom is 0.209 e. The summed E-state index contributed by atoms with van der Waals surface area (Å²) < 4.78 is 5.44. The lowest BCUT2D eigenvalue weighted by atomic mass is 9.97. The standard InChI is InChI=1S/C17H18N4OS2.C7H14N2O/c1-22-12-6-10(18)13(23)7-11(12)21-16-15-9-4-2-3-5-14(9)24-17(15)20-8-19-16;1-8(2)7-3-4-9(5-7)6-10/h6-8,23H,2-5,18H2,1H3,(H,19,20,21);6-7H,3-5H2,1-2H3. The largest absolute Gasteiger partial charge is 0.494 e. The van der Waals surface area contributed by atoms with Crippen LogP contribution in [0.25, 0.3) is 10.2 Å². The number of aromatic nitrogens is 2. The Labute approximate surface area is 209 Å². The second kappa shape index (κ2) is 10.8. The molecule has 5 rings (SSSR count). The molecule has 2 aromatic heterocycles. The molecule has 2 aliphatic rings. The molecular formula is C24H32N6O2S2. The topological polar surface area (TPSA) is 96.6 Å². The minimum absolute atomic E-state index is 0.574. The molecule has 1 unspecified atom stereocenters. The van der Waals surface area contributed by atoms with Crippen molar-refractivity contribution >= 4 is 57.8 Å². The maximum absolute atomic E-state index is 10.3.